The third kappa shape index (κ3) is 2.37. The van der Waals surface area contributed by atoms with E-state index in [2.05, 4.69) is 18.7 Å². The molecule has 1 fully saturated rings. The Kier molecular flexibility index (Phi) is 3.64. The van der Waals surface area contributed by atoms with Gasteiger partial charge in [-0.15, -0.1) is 0 Å². The molecule has 100 valence electrons. The summed E-state index contributed by atoms with van der Waals surface area (Å²) in [6.45, 7) is 8.68. The van der Waals surface area contributed by atoms with E-state index in [1.807, 2.05) is 6.92 Å². The predicted octanol–water partition coefficient (Wildman–Crippen LogP) is 2.90. The van der Waals surface area contributed by atoms with E-state index >= 15 is 0 Å². The van der Waals surface area contributed by atoms with Gasteiger partial charge in [0.1, 0.15) is 0 Å². The number of benzene rings is 1. The second-order valence-corrected chi connectivity index (χ2v) is 5.13. The third-order valence-electron chi connectivity index (χ3n) is 3.71. The van der Waals surface area contributed by atoms with Crippen molar-refractivity contribution in [3.05, 3.63) is 17.9 Å². The molecule has 0 spiro atoms. The molecule has 0 saturated carbocycles. The van der Waals surface area contributed by atoms with Crippen molar-refractivity contribution in [1.82, 2.24) is 0 Å². The average Bonchev–Trinajstić information content (AvgIpc) is 2.63. The second kappa shape index (κ2) is 5.04. The summed E-state index contributed by atoms with van der Waals surface area (Å²) in [5.41, 5.74) is 7.29. The van der Waals surface area contributed by atoms with E-state index in [0.717, 1.165) is 18.8 Å². The Labute approximate surface area is 108 Å². The zero-order valence-electron chi connectivity index (χ0n) is 11.2. The summed E-state index contributed by atoms with van der Waals surface area (Å²) in [7, 11) is 0. The van der Waals surface area contributed by atoms with Crippen molar-refractivity contribution in [2.45, 2.75) is 20.8 Å². The average molecular weight is 252 g/mol. The van der Waals surface area contributed by atoms with Gasteiger partial charge < -0.3 is 15.4 Å². The summed E-state index contributed by atoms with van der Waals surface area (Å²) in [5.74, 6) is 1.15. The number of nitrogen functional groups attached to an aromatic ring is 1. The standard InChI is InChI=1S/C14H21FN2O/c1-4-18-14-6-13(12(16)5-11(14)15)17-7-9(2)10(3)8-17/h5-6,9-10H,4,7-8,16H2,1-3H3. The highest BCUT2D eigenvalue weighted by molar-refractivity contribution is 5.70. The molecule has 1 heterocycles. The first-order valence-electron chi connectivity index (χ1n) is 6.49. The van der Waals surface area contributed by atoms with E-state index in [-0.39, 0.29) is 5.75 Å². The zero-order chi connectivity index (χ0) is 13.3. The number of hydrogen-bond donors (Lipinski definition) is 1. The second-order valence-electron chi connectivity index (χ2n) is 5.13. The van der Waals surface area contributed by atoms with Crippen LogP contribution in [0.2, 0.25) is 0 Å². The van der Waals surface area contributed by atoms with Gasteiger partial charge in [-0.2, -0.15) is 0 Å². The quantitative estimate of drug-likeness (QED) is 0.841. The van der Waals surface area contributed by atoms with Gasteiger partial charge in [0.2, 0.25) is 0 Å². The molecule has 0 aromatic heterocycles. The Morgan fingerprint density at radius 2 is 1.94 bits per heavy atom. The maximum atomic E-state index is 13.6. The van der Waals surface area contributed by atoms with Crippen LogP contribution in [0.15, 0.2) is 12.1 Å². The molecule has 3 nitrogen and oxygen atoms in total. The smallest absolute Gasteiger partial charge is 0.167 e. The van der Waals surface area contributed by atoms with Gasteiger partial charge >= 0.3 is 0 Å². The zero-order valence-corrected chi connectivity index (χ0v) is 11.2. The first-order chi connectivity index (χ1) is 8.52. The molecule has 0 radical (unpaired) electrons. The monoisotopic (exact) mass is 252 g/mol. The van der Waals surface area contributed by atoms with Gasteiger partial charge in [-0.3, -0.25) is 0 Å². The van der Waals surface area contributed by atoms with E-state index in [0.29, 0.717) is 24.1 Å². The summed E-state index contributed by atoms with van der Waals surface area (Å²) in [6, 6.07) is 3.08. The van der Waals surface area contributed by atoms with E-state index < -0.39 is 5.82 Å². The van der Waals surface area contributed by atoms with Crippen LogP contribution in [-0.2, 0) is 0 Å². The largest absolute Gasteiger partial charge is 0.491 e. The van der Waals surface area contributed by atoms with Crippen LogP contribution in [0.3, 0.4) is 0 Å². The number of anilines is 2. The Hall–Kier alpha value is -1.45. The minimum absolute atomic E-state index is 0.286. The van der Waals surface area contributed by atoms with Crippen molar-refractivity contribution in [2.24, 2.45) is 11.8 Å². The molecule has 1 aromatic rings. The van der Waals surface area contributed by atoms with Crippen LogP contribution in [0.25, 0.3) is 0 Å². The van der Waals surface area contributed by atoms with E-state index in [9.17, 15) is 4.39 Å². The lowest BCUT2D eigenvalue weighted by molar-refractivity contribution is 0.322. The van der Waals surface area contributed by atoms with Gasteiger partial charge in [0, 0.05) is 25.2 Å². The molecule has 1 aliphatic rings. The molecule has 1 saturated heterocycles. The lowest BCUT2D eigenvalue weighted by atomic mass is 10.0. The SMILES string of the molecule is CCOc1cc(N2CC(C)C(C)C2)c(N)cc1F. The van der Waals surface area contributed by atoms with E-state index in [4.69, 9.17) is 10.5 Å². The molecule has 2 unspecified atom stereocenters. The molecule has 2 rings (SSSR count). The van der Waals surface area contributed by atoms with Crippen molar-refractivity contribution in [3.63, 3.8) is 0 Å². The minimum atomic E-state index is -0.390. The van der Waals surface area contributed by atoms with Gasteiger partial charge in [0.25, 0.3) is 0 Å². The number of nitrogens with two attached hydrogens (primary N) is 1. The molecule has 2 N–H and O–H groups in total. The molecule has 2 atom stereocenters. The normalized spacial score (nSPS) is 23.4. The van der Waals surface area contributed by atoms with Gasteiger partial charge in [0.15, 0.2) is 11.6 Å². The van der Waals surface area contributed by atoms with Crippen LogP contribution in [0, 0.1) is 17.7 Å². The third-order valence-corrected chi connectivity index (χ3v) is 3.71. The number of rotatable bonds is 3. The van der Waals surface area contributed by atoms with Crippen LogP contribution in [0.4, 0.5) is 15.8 Å². The number of halogens is 1. The molecule has 1 aliphatic heterocycles. The van der Waals surface area contributed by atoms with Gasteiger partial charge in [-0.05, 0) is 18.8 Å². The summed E-state index contributed by atoms with van der Waals surface area (Å²) in [5, 5.41) is 0. The minimum Gasteiger partial charge on any atom is -0.491 e. The van der Waals surface area contributed by atoms with Crippen molar-refractivity contribution in [1.29, 1.82) is 0 Å². The Morgan fingerprint density at radius 3 is 2.50 bits per heavy atom. The molecule has 0 amide bonds. The summed E-state index contributed by atoms with van der Waals surface area (Å²) >= 11 is 0. The fourth-order valence-electron chi connectivity index (χ4n) is 2.42. The summed E-state index contributed by atoms with van der Waals surface area (Å²) < 4.78 is 18.9. The van der Waals surface area contributed by atoms with Crippen LogP contribution in [0.5, 0.6) is 5.75 Å². The first kappa shape index (κ1) is 13.0. The van der Waals surface area contributed by atoms with Crippen molar-refractivity contribution < 1.29 is 9.13 Å². The highest BCUT2D eigenvalue weighted by Crippen LogP contribution is 2.35. The maximum absolute atomic E-state index is 13.6. The molecular formula is C14H21FN2O. The molecule has 1 aromatic carbocycles. The van der Waals surface area contributed by atoms with Gasteiger partial charge in [-0.1, -0.05) is 13.8 Å². The predicted molar refractivity (Wildman–Crippen MR) is 72.5 cm³/mol. The fourth-order valence-corrected chi connectivity index (χ4v) is 2.42. The van der Waals surface area contributed by atoms with Crippen LogP contribution < -0.4 is 15.4 Å². The molecule has 4 heteroatoms. The van der Waals surface area contributed by atoms with Crippen molar-refractivity contribution >= 4 is 11.4 Å². The summed E-state index contributed by atoms with van der Waals surface area (Å²) in [6.07, 6.45) is 0. The van der Waals surface area contributed by atoms with E-state index in [1.54, 1.807) is 6.07 Å². The lowest BCUT2D eigenvalue weighted by Gasteiger charge is -2.21. The number of nitrogens with zero attached hydrogens (tertiary/aromatic N) is 1. The number of hydrogen-bond acceptors (Lipinski definition) is 3. The van der Waals surface area contributed by atoms with Crippen molar-refractivity contribution in [2.75, 3.05) is 30.3 Å². The maximum Gasteiger partial charge on any atom is 0.167 e. The fraction of sp³-hybridized carbons (Fsp3) is 0.571. The van der Waals surface area contributed by atoms with Gasteiger partial charge in [0.05, 0.1) is 18.0 Å². The van der Waals surface area contributed by atoms with Gasteiger partial charge in [-0.25, -0.2) is 4.39 Å². The summed E-state index contributed by atoms with van der Waals surface area (Å²) in [4.78, 5) is 2.21. The Balaban J connectivity index is 2.30. The number of ether oxygens (including phenoxy) is 1. The lowest BCUT2D eigenvalue weighted by Crippen LogP contribution is -2.21. The Bertz CT molecular complexity index is 426. The molecule has 0 bridgehead atoms. The highest BCUT2D eigenvalue weighted by atomic mass is 19.1. The first-order valence-corrected chi connectivity index (χ1v) is 6.49. The molecule has 18 heavy (non-hydrogen) atoms. The van der Waals surface area contributed by atoms with E-state index in [1.165, 1.54) is 6.07 Å². The highest BCUT2D eigenvalue weighted by Gasteiger charge is 2.27. The van der Waals surface area contributed by atoms with Crippen LogP contribution in [0.1, 0.15) is 20.8 Å². The van der Waals surface area contributed by atoms with Crippen LogP contribution >= 0.6 is 0 Å². The molecule has 0 aliphatic carbocycles. The topological polar surface area (TPSA) is 38.5 Å². The molecular weight excluding hydrogens is 231 g/mol. The van der Waals surface area contributed by atoms with Crippen LogP contribution in [-0.4, -0.2) is 19.7 Å². The van der Waals surface area contributed by atoms with Crippen molar-refractivity contribution in [3.8, 4) is 5.75 Å². The Morgan fingerprint density at radius 1 is 1.33 bits per heavy atom.